The second-order valence-corrected chi connectivity index (χ2v) is 5.07. The van der Waals surface area contributed by atoms with Crippen LogP contribution in [0.3, 0.4) is 0 Å². The number of benzene rings is 2. The van der Waals surface area contributed by atoms with E-state index >= 15 is 0 Å². The summed E-state index contributed by atoms with van der Waals surface area (Å²) in [5, 5.41) is 14.2. The largest absolute Gasteiger partial charge is 0.349 e. The van der Waals surface area contributed by atoms with E-state index in [4.69, 9.17) is 0 Å². The second-order valence-electron chi connectivity index (χ2n) is 5.07. The Morgan fingerprint density at radius 1 is 1.05 bits per heavy atom. The summed E-state index contributed by atoms with van der Waals surface area (Å²) >= 11 is 0. The molecule has 22 heavy (non-hydrogen) atoms. The minimum absolute atomic E-state index is 0.0108. The summed E-state index contributed by atoms with van der Waals surface area (Å²) in [6.45, 7) is 0. The molecule has 2 aromatic carbocycles. The summed E-state index contributed by atoms with van der Waals surface area (Å²) in [7, 11) is 0. The van der Waals surface area contributed by atoms with Crippen molar-refractivity contribution in [2.45, 2.75) is 12.8 Å². The first kappa shape index (κ1) is 14.0. The summed E-state index contributed by atoms with van der Waals surface area (Å²) in [6, 6.07) is 14.2. The van der Waals surface area contributed by atoms with Crippen LogP contribution in [0, 0.1) is 10.1 Å². The number of para-hydroxylation sites is 2. The molecule has 0 radical (unpaired) electrons. The normalized spacial score (nSPS) is 13.5. The van der Waals surface area contributed by atoms with Gasteiger partial charge in [0.15, 0.2) is 0 Å². The summed E-state index contributed by atoms with van der Waals surface area (Å²) in [5.74, 6) is 0. The van der Waals surface area contributed by atoms with E-state index in [1.165, 1.54) is 6.07 Å². The van der Waals surface area contributed by atoms with Crippen molar-refractivity contribution in [1.29, 1.82) is 0 Å². The maximum atomic E-state index is 11.4. The lowest BCUT2D eigenvalue weighted by molar-refractivity contribution is -0.383. The van der Waals surface area contributed by atoms with Crippen LogP contribution >= 0.6 is 0 Å². The molecule has 0 bridgehead atoms. The van der Waals surface area contributed by atoms with Crippen LogP contribution in [-0.4, -0.2) is 11.2 Å². The van der Waals surface area contributed by atoms with Crippen molar-refractivity contribution >= 4 is 23.4 Å². The number of carbonyl (C=O) groups is 1. The zero-order valence-corrected chi connectivity index (χ0v) is 11.8. The maximum absolute atomic E-state index is 11.4. The van der Waals surface area contributed by atoms with E-state index in [0.29, 0.717) is 23.4 Å². The number of hydrogen-bond acceptors (Lipinski definition) is 4. The lowest BCUT2D eigenvalue weighted by Crippen LogP contribution is -2.12. The van der Waals surface area contributed by atoms with Crippen LogP contribution in [0.4, 0.5) is 11.4 Å². The van der Waals surface area contributed by atoms with Crippen molar-refractivity contribution in [3.8, 4) is 0 Å². The second kappa shape index (κ2) is 5.81. The highest BCUT2D eigenvalue weighted by molar-refractivity contribution is 5.95. The molecule has 110 valence electrons. The third-order valence-electron chi connectivity index (χ3n) is 3.77. The van der Waals surface area contributed by atoms with Gasteiger partial charge in [0.1, 0.15) is 12.0 Å². The Morgan fingerprint density at radius 3 is 2.55 bits per heavy atom. The molecular weight excluding hydrogens is 280 g/mol. The number of fused-ring (bicyclic) bond motifs is 1. The van der Waals surface area contributed by atoms with E-state index in [0.717, 1.165) is 23.8 Å². The van der Waals surface area contributed by atoms with Crippen LogP contribution in [0.25, 0.3) is 5.70 Å². The molecule has 0 amide bonds. The number of carbonyl (C=O) groups excluding carboxylic acids is 1. The lowest BCUT2D eigenvalue weighted by Gasteiger charge is -2.22. The van der Waals surface area contributed by atoms with E-state index in [1.807, 2.05) is 24.3 Å². The number of rotatable bonds is 4. The number of anilines is 1. The minimum Gasteiger partial charge on any atom is -0.349 e. The Labute approximate surface area is 127 Å². The van der Waals surface area contributed by atoms with Crippen molar-refractivity contribution in [1.82, 2.24) is 0 Å². The highest BCUT2D eigenvalue weighted by Crippen LogP contribution is 2.34. The van der Waals surface area contributed by atoms with Gasteiger partial charge in [-0.3, -0.25) is 14.9 Å². The molecule has 1 aliphatic rings. The van der Waals surface area contributed by atoms with E-state index in [1.54, 1.807) is 18.2 Å². The molecule has 5 heteroatoms. The summed E-state index contributed by atoms with van der Waals surface area (Å²) in [5.41, 5.74) is 3.73. The van der Waals surface area contributed by atoms with Gasteiger partial charge in [0.2, 0.25) is 0 Å². The standard InChI is InChI=1S/C17H14N2O3/c20-11-13-10-9-12-5-1-2-6-14(12)17(13)18-15-7-3-4-8-16(15)19(21)22/h1-8,11,18H,9-10H2. The van der Waals surface area contributed by atoms with Crippen LogP contribution in [-0.2, 0) is 11.2 Å². The molecule has 0 fully saturated rings. The molecule has 1 aliphatic carbocycles. The first-order chi connectivity index (χ1) is 10.7. The van der Waals surface area contributed by atoms with E-state index in [2.05, 4.69) is 5.32 Å². The Balaban J connectivity index is 2.08. The Hall–Kier alpha value is -2.95. The van der Waals surface area contributed by atoms with Crippen molar-refractivity contribution in [3.05, 3.63) is 75.3 Å². The van der Waals surface area contributed by atoms with Crippen molar-refractivity contribution in [3.63, 3.8) is 0 Å². The van der Waals surface area contributed by atoms with Gasteiger partial charge in [-0.05, 0) is 24.5 Å². The van der Waals surface area contributed by atoms with Gasteiger partial charge in [-0.25, -0.2) is 0 Å². The zero-order chi connectivity index (χ0) is 15.5. The molecule has 5 nitrogen and oxygen atoms in total. The number of nitrogens with one attached hydrogen (secondary N) is 1. The molecule has 0 unspecified atom stereocenters. The van der Waals surface area contributed by atoms with Gasteiger partial charge >= 0.3 is 0 Å². The third kappa shape index (κ3) is 2.48. The van der Waals surface area contributed by atoms with Crippen LogP contribution < -0.4 is 5.32 Å². The fraction of sp³-hybridized carbons (Fsp3) is 0.118. The first-order valence-electron chi connectivity index (χ1n) is 6.97. The SMILES string of the molecule is O=CC1=C(Nc2ccccc2[N+](=O)[O-])c2ccccc2CC1. The highest BCUT2D eigenvalue weighted by Gasteiger charge is 2.21. The van der Waals surface area contributed by atoms with Gasteiger partial charge in [0, 0.05) is 17.2 Å². The maximum Gasteiger partial charge on any atom is 0.292 e. The molecule has 0 spiro atoms. The fourth-order valence-corrected chi connectivity index (χ4v) is 2.69. The molecule has 0 saturated carbocycles. The van der Waals surface area contributed by atoms with Crippen molar-refractivity contribution in [2.24, 2.45) is 0 Å². The van der Waals surface area contributed by atoms with Gasteiger partial charge in [0.25, 0.3) is 5.69 Å². The number of allylic oxidation sites excluding steroid dienone is 1. The van der Waals surface area contributed by atoms with Crippen molar-refractivity contribution in [2.75, 3.05) is 5.32 Å². The minimum atomic E-state index is -0.432. The molecule has 0 aromatic heterocycles. The first-order valence-corrected chi connectivity index (χ1v) is 6.97. The Bertz CT molecular complexity index is 781. The summed E-state index contributed by atoms with van der Waals surface area (Å²) in [6.07, 6.45) is 2.25. The molecule has 2 aromatic rings. The molecule has 0 saturated heterocycles. The van der Waals surface area contributed by atoms with Crippen LogP contribution in [0.15, 0.2) is 54.1 Å². The van der Waals surface area contributed by atoms with Gasteiger partial charge < -0.3 is 5.32 Å². The summed E-state index contributed by atoms with van der Waals surface area (Å²) in [4.78, 5) is 22.1. The number of aldehydes is 1. The smallest absolute Gasteiger partial charge is 0.292 e. The van der Waals surface area contributed by atoms with Crippen LogP contribution in [0.1, 0.15) is 17.5 Å². The van der Waals surface area contributed by atoms with Gasteiger partial charge in [-0.15, -0.1) is 0 Å². The van der Waals surface area contributed by atoms with E-state index in [-0.39, 0.29) is 5.69 Å². The number of nitro groups is 1. The van der Waals surface area contributed by atoms with Crippen LogP contribution in [0.5, 0.6) is 0 Å². The predicted molar refractivity (Wildman–Crippen MR) is 84.5 cm³/mol. The number of nitro benzene ring substituents is 1. The fourth-order valence-electron chi connectivity index (χ4n) is 2.69. The highest BCUT2D eigenvalue weighted by atomic mass is 16.6. The zero-order valence-electron chi connectivity index (χ0n) is 11.8. The third-order valence-corrected chi connectivity index (χ3v) is 3.77. The molecular formula is C17H14N2O3. The van der Waals surface area contributed by atoms with E-state index < -0.39 is 4.92 Å². The topological polar surface area (TPSA) is 72.2 Å². The quantitative estimate of drug-likeness (QED) is 0.531. The number of hydrogen-bond donors (Lipinski definition) is 1. The Morgan fingerprint density at radius 2 is 1.77 bits per heavy atom. The average molecular weight is 294 g/mol. The predicted octanol–water partition coefficient (Wildman–Crippen LogP) is 3.56. The number of nitrogens with zero attached hydrogens (tertiary/aromatic N) is 1. The molecule has 0 atom stereocenters. The average Bonchev–Trinajstić information content (AvgIpc) is 2.55. The lowest BCUT2D eigenvalue weighted by atomic mass is 9.89. The molecule has 0 heterocycles. The molecule has 1 N–H and O–H groups in total. The van der Waals surface area contributed by atoms with Gasteiger partial charge in [-0.1, -0.05) is 36.4 Å². The van der Waals surface area contributed by atoms with Crippen molar-refractivity contribution < 1.29 is 9.72 Å². The van der Waals surface area contributed by atoms with Gasteiger partial charge in [0.05, 0.1) is 10.6 Å². The Kier molecular flexibility index (Phi) is 3.70. The van der Waals surface area contributed by atoms with Crippen LogP contribution in [0.2, 0.25) is 0 Å². The summed E-state index contributed by atoms with van der Waals surface area (Å²) < 4.78 is 0. The van der Waals surface area contributed by atoms with E-state index in [9.17, 15) is 14.9 Å². The number of aryl methyl sites for hydroxylation is 1. The molecule has 0 aliphatic heterocycles. The molecule has 3 rings (SSSR count). The van der Waals surface area contributed by atoms with Gasteiger partial charge in [-0.2, -0.15) is 0 Å². The monoisotopic (exact) mass is 294 g/mol.